The molecule has 1 unspecified atom stereocenters. The summed E-state index contributed by atoms with van der Waals surface area (Å²) in [6.45, 7) is 0. The van der Waals surface area contributed by atoms with Gasteiger partial charge >= 0.3 is 20.8 Å². The second-order valence-corrected chi connectivity index (χ2v) is 6.39. The molecule has 0 spiro atoms. The average Bonchev–Trinajstić information content (AvgIpc) is 2.31. The Kier molecular flexibility index (Phi) is 5.05. The first-order valence-electron chi connectivity index (χ1n) is 4.91. The zero-order chi connectivity index (χ0) is 16.6. The van der Waals surface area contributed by atoms with Crippen LogP contribution < -0.4 is 5.73 Å². The fourth-order valence-electron chi connectivity index (χ4n) is 1.25. The van der Waals surface area contributed by atoms with E-state index in [1.165, 1.54) is 0 Å². The van der Waals surface area contributed by atoms with Crippen LogP contribution in [0.4, 0.5) is 0 Å². The Balaban J connectivity index is 3.38. The third kappa shape index (κ3) is 4.13. The molecule has 13 nitrogen and oxygen atoms in total. The maximum Gasteiger partial charge on any atom is 0.418 e. The molecule has 0 amide bonds. The lowest BCUT2D eigenvalue weighted by atomic mass is 9.99. The van der Waals surface area contributed by atoms with Gasteiger partial charge in [0.2, 0.25) is 12.0 Å². The Morgan fingerprint density at radius 2 is 1.52 bits per heavy atom. The Morgan fingerprint density at radius 3 is 2.00 bits per heavy atom. The summed E-state index contributed by atoms with van der Waals surface area (Å²) in [5.74, 6) is 0. The Bertz CT molecular complexity index is 599. The Morgan fingerprint density at radius 1 is 1.00 bits per heavy atom. The number of carbonyl (C=O) groups excluding carboxylic acids is 1. The van der Waals surface area contributed by atoms with Crippen molar-refractivity contribution in [1.29, 1.82) is 0 Å². The van der Waals surface area contributed by atoms with Crippen molar-refractivity contribution in [2.75, 3.05) is 0 Å². The van der Waals surface area contributed by atoms with Gasteiger partial charge in [-0.15, -0.1) is 3.63 Å². The molecule has 0 aromatic heterocycles. The quantitative estimate of drug-likeness (QED) is 0.278. The molecule has 1 aliphatic rings. The number of aliphatic hydroxyl groups excluding tert-OH is 4. The van der Waals surface area contributed by atoms with Gasteiger partial charge in [-0.25, -0.2) is 8.37 Å². The van der Waals surface area contributed by atoms with Crippen molar-refractivity contribution in [3.63, 3.8) is 0 Å². The van der Waals surface area contributed by atoms with Gasteiger partial charge in [-0.1, -0.05) is 0 Å². The van der Waals surface area contributed by atoms with Gasteiger partial charge in [0.05, 0.1) is 0 Å². The van der Waals surface area contributed by atoms with Crippen LogP contribution >= 0.6 is 0 Å². The van der Waals surface area contributed by atoms with Gasteiger partial charge in [0, 0.05) is 0 Å². The van der Waals surface area contributed by atoms with E-state index in [9.17, 15) is 36.9 Å². The highest BCUT2D eigenvalue weighted by molar-refractivity contribution is 7.95. The number of carbonyl (C=O) groups is 1. The number of hydrogen-bond acceptors (Lipinski definition) is 13. The van der Waals surface area contributed by atoms with Crippen LogP contribution in [0.2, 0.25) is 0 Å². The van der Waals surface area contributed by atoms with Crippen LogP contribution in [0, 0.1) is 0 Å². The minimum atomic E-state index is -5.54. The van der Waals surface area contributed by atoms with E-state index >= 15 is 0 Å². The molecule has 1 heterocycles. The van der Waals surface area contributed by atoms with E-state index in [1.807, 2.05) is 0 Å². The summed E-state index contributed by atoms with van der Waals surface area (Å²) in [5.41, 5.74) is 1.86. The molecular weight excluding hydrogens is 342 g/mol. The molecule has 1 fully saturated rings. The van der Waals surface area contributed by atoms with Crippen LogP contribution in [-0.2, 0) is 37.6 Å². The van der Waals surface area contributed by atoms with E-state index in [2.05, 4.69) is 12.0 Å². The number of nitrogens with two attached hydrogens (primary N) is 1. The van der Waals surface area contributed by atoms with Crippen molar-refractivity contribution in [1.82, 2.24) is 0 Å². The van der Waals surface area contributed by atoms with E-state index < -0.39 is 57.4 Å². The van der Waals surface area contributed by atoms with Crippen LogP contribution in [0.5, 0.6) is 0 Å². The minimum Gasteiger partial charge on any atom is -0.387 e. The molecule has 124 valence electrons. The van der Waals surface area contributed by atoms with E-state index in [0.717, 1.165) is 0 Å². The second kappa shape index (κ2) is 5.80. The monoisotopic (exact) mass is 353 g/mol. The lowest BCUT2D eigenvalue weighted by Crippen LogP contribution is -2.64. The van der Waals surface area contributed by atoms with Crippen molar-refractivity contribution in [2.45, 2.75) is 30.3 Å². The average molecular weight is 353 g/mol. The maximum absolute atomic E-state index is 11.2. The summed E-state index contributed by atoms with van der Waals surface area (Å²) in [5, 5.41) is 37.5. The summed E-state index contributed by atoms with van der Waals surface area (Å²) in [4.78, 5) is 10.8. The van der Waals surface area contributed by atoms with Gasteiger partial charge in [0.15, 0.2) is 6.29 Å². The smallest absolute Gasteiger partial charge is 0.387 e. The van der Waals surface area contributed by atoms with Crippen LogP contribution in [0.15, 0.2) is 0 Å². The van der Waals surface area contributed by atoms with Gasteiger partial charge in [0.25, 0.3) is 0 Å². The predicted molar refractivity (Wildman–Crippen MR) is 58.1 cm³/mol. The van der Waals surface area contributed by atoms with Crippen molar-refractivity contribution >= 4 is 27.1 Å². The molecule has 21 heavy (non-hydrogen) atoms. The molecule has 0 saturated carbocycles. The molecule has 5 atom stereocenters. The molecule has 0 aromatic rings. The molecule has 1 saturated heterocycles. The topological polar surface area (TPSA) is 220 Å². The van der Waals surface area contributed by atoms with Gasteiger partial charge in [-0.3, -0.25) is 10.5 Å². The highest BCUT2D eigenvalue weighted by atomic mass is 32.3. The highest BCUT2D eigenvalue weighted by Crippen LogP contribution is 2.22. The van der Waals surface area contributed by atoms with Crippen LogP contribution in [-0.4, -0.2) is 73.9 Å². The first-order chi connectivity index (χ1) is 9.33. The summed E-state index contributed by atoms with van der Waals surface area (Å²) in [7, 11) is -11.0. The van der Waals surface area contributed by atoms with E-state index in [4.69, 9.17) is 10.8 Å². The summed E-state index contributed by atoms with van der Waals surface area (Å²) >= 11 is 0. The second-order valence-electron chi connectivity index (χ2n) is 3.85. The summed E-state index contributed by atoms with van der Waals surface area (Å²) in [6.07, 6.45) is -10.8. The molecule has 0 bridgehead atoms. The lowest BCUT2D eigenvalue weighted by molar-refractivity contribution is -0.193. The Labute approximate surface area is 118 Å². The molecule has 0 aromatic carbocycles. The summed E-state index contributed by atoms with van der Waals surface area (Å²) in [6, 6.07) is 0. The summed E-state index contributed by atoms with van der Waals surface area (Å²) < 4.78 is 55.6. The third-order valence-corrected chi connectivity index (χ3v) is 4.50. The zero-order valence-corrected chi connectivity index (χ0v) is 11.5. The van der Waals surface area contributed by atoms with Gasteiger partial charge < -0.3 is 20.4 Å². The number of aliphatic hydroxyl groups is 4. The Hall–Kier alpha value is -0.750. The molecule has 15 heteroatoms. The molecule has 6 N–H and O–H groups in total. The van der Waals surface area contributed by atoms with Crippen molar-refractivity contribution in [3.05, 3.63) is 0 Å². The standard InChI is InChI=1S/C6H11NO12S2/c7-6(1-8)4(11)2(9)3(10)5(12)17-20(13,14)19-21(15,16)18-6/h1-5,9-12H,7H2/t2-,3-,4-,5?,6+/m1/s1. The van der Waals surface area contributed by atoms with Crippen molar-refractivity contribution < 1.29 is 54.1 Å². The highest BCUT2D eigenvalue weighted by Gasteiger charge is 2.50. The molecule has 0 radical (unpaired) electrons. The predicted octanol–water partition coefficient (Wildman–Crippen LogP) is -5.21. The minimum absolute atomic E-state index is 0.490. The van der Waals surface area contributed by atoms with Crippen LogP contribution in [0.3, 0.4) is 0 Å². The largest absolute Gasteiger partial charge is 0.418 e. The molecular formula is C6H11NO12S2. The number of aldehydes is 1. The van der Waals surface area contributed by atoms with Gasteiger partial charge in [-0.2, -0.15) is 16.8 Å². The molecule has 1 rings (SSSR count). The van der Waals surface area contributed by atoms with Crippen molar-refractivity contribution in [2.24, 2.45) is 5.73 Å². The van der Waals surface area contributed by atoms with E-state index in [-0.39, 0.29) is 0 Å². The molecule has 1 aliphatic heterocycles. The van der Waals surface area contributed by atoms with E-state index in [1.54, 1.807) is 0 Å². The first-order valence-corrected chi connectivity index (χ1v) is 7.57. The zero-order valence-electron chi connectivity index (χ0n) is 9.84. The SMILES string of the molecule is N[C@@]1(C=O)OS(=O)(=O)OS(=O)(=O)OC(O)[C@H](O)[C@@H](O)[C@H]1O. The van der Waals surface area contributed by atoms with Gasteiger partial charge in [0.1, 0.15) is 18.3 Å². The van der Waals surface area contributed by atoms with Crippen LogP contribution in [0.25, 0.3) is 0 Å². The van der Waals surface area contributed by atoms with Crippen LogP contribution in [0.1, 0.15) is 0 Å². The third-order valence-electron chi connectivity index (χ3n) is 2.24. The van der Waals surface area contributed by atoms with E-state index in [0.29, 0.717) is 0 Å². The number of rotatable bonds is 1. The maximum atomic E-state index is 11.2. The molecule has 0 aliphatic carbocycles. The lowest BCUT2D eigenvalue weighted by Gasteiger charge is -2.34. The fraction of sp³-hybridized carbons (Fsp3) is 0.833. The normalized spacial score (nSPS) is 43.9. The van der Waals surface area contributed by atoms with Gasteiger partial charge in [-0.05, 0) is 0 Å². The first kappa shape index (κ1) is 18.3. The number of hydrogen-bond donors (Lipinski definition) is 5. The van der Waals surface area contributed by atoms with Crippen molar-refractivity contribution in [3.8, 4) is 0 Å². The fourth-order valence-corrected chi connectivity index (χ4v) is 3.15.